The molecule has 0 bridgehead atoms. The summed E-state index contributed by atoms with van der Waals surface area (Å²) in [5.41, 5.74) is -1.36. The van der Waals surface area contributed by atoms with Crippen molar-refractivity contribution in [2.45, 2.75) is 20.3 Å². The normalized spacial score (nSPS) is 9.87. The lowest BCUT2D eigenvalue weighted by molar-refractivity contribution is -0.167. The fourth-order valence-corrected chi connectivity index (χ4v) is 1.98. The maximum Gasteiger partial charge on any atom is 0.308 e. The van der Waals surface area contributed by atoms with Crippen LogP contribution in [0.3, 0.4) is 0 Å². The molecule has 0 aliphatic heterocycles. The molecular weight excluding hydrogens is 420 g/mol. The van der Waals surface area contributed by atoms with Crippen molar-refractivity contribution >= 4 is 11.9 Å². The van der Waals surface area contributed by atoms with Gasteiger partial charge >= 0.3 is 5.97 Å². The predicted molar refractivity (Wildman–Crippen MR) is 94.2 cm³/mol. The monoisotopic (exact) mass is 439 g/mol. The molecule has 11 heteroatoms. The minimum atomic E-state index is -1.44. The number of carbonyl (C=O) groups is 2. The molecule has 0 atom stereocenters. The van der Waals surface area contributed by atoms with Gasteiger partial charge in [-0.05, 0) is 24.3 Å². The molecule has 0 saturated carbocycles. The molecule has 0 saturated heterocycles. The minimum Gasteiger partial charge on any atom is -0.481 e. The zero-order valence-electron chi connectivity index (χ0n) is 15.1. The number of rotatable bonds is 5. The molecule has 2 aromatic rings. The first-order chi connectivity index (χ1) is 13.5. The van der Waals surface area contributed by atoms with Crippen molar-refractivity contribution in [3.8, 4) is 0 Å². The van der Waals surface area contributed by atoms with E-state index in [1.807, 2.05) is 0 Å². The summed E-state index contributed by atoms with van der Waals surface area (Å²) >= 11 is 0. The van der Waals surface area contributed by atoms with Gasteiger partial charge in [0.05, 0.1) is 20.0 Å². The summed E-state index contributed by atoms with van der Waals surface area (Å²) in [4.78, 5) is 26.0. The highest BCUT2D eigenvalue weighted by molar-refractivity contribution is 5.77. The molecule has 166 valence electrons. The molecule has 0 aliphatic rings. The second kappa shape index (κ2) is 11.8. The first-order valence-electron chi connectivity index (χ1n) is 7.76. The van der Waals surface area contributed by atoms with E-state index in [-0.39, 0.29) is 7.43 Å². The Labute approximate surface area is 168 Å². The number of carboxylic acids is 1. The van der Waals surface area contributed by atoms with E-state index in [1.54, 1.807) is 0 Å². The summed E-state index contributed by atoms with van der Waals surface area (Å²) in [6, 6.07) is 2.74. The highest BCUT2D eigenvalue weighted by Crippen LogP contribution is 2.17. The molecule has 1 N–H and O–H groups in total. The molecule has 0 radical (unpaired) electrons. The van der Waals surface area contributed by atoms with Crippen LogP contribution in [-0.2, 0) is 27.3 Å². The van der Waals surface area contributed by atoms with Gasteiger partial charge in [0.25, 0.3) is 0 Å². The summed E-state index contributed by atoms with van der Waals surface area (Å²) < 4.78 is 77.0. The zero-order chi connectivity index (χ0) is 22.3. The fourth-order valence-electron chi connectivity index (χ4n) is 1.98. The number of hydroxylamine groups is 2. The Morgan fingerprint density at radius 2 is 1.20 bits per heavy atom. The van der Waals surface area contributed by atoms with Crippen LogP contribution in [-0.4, -0.2) is 36.2 Å². The molecule has 0 aliphatic carbocycles. The molecule has 2 aromatic carbocycles. The number of halogens is 6. The average Bonchev–Trinajstić information content (AvgIpc) is 2.68. The Morgan fingerprint density at radius 3 is 1.57 bits per heavy atom. The summed E-state index contributed by atoms with van der Waals surface area (Å²) in [5.74, 6) is -9.34. The van der Waals surface area contributed by atoms with Crippen LogP contribution in [0.15, 0.2) is 24.3 Å². The molecule has 0 aromatic heterocycles. The molecular formula is C19H19F6NO4. The number of hydrogen-bond acceptors (Lipinski definition) is 3. The molecule has 5 nitrogen and oxygen atoms in total. The van der Waals surface area contributed by atoms with E-state index in [0.717, 1.165) is 11.1 Å². The van der Waals surface area contributed by atoms with Crippen molar-refractivity contribution < 1.29 is 45.9 Å². The van der Waals surface area contributed by atoms with Crippen LogP contribution >= 0.6 is 0 Å². The van der Waals surface area contributed by atoms with Crippen LogP contribution in [0.25, 0.3) is 0 Å². The summed E-state index contributed by atoms with van der Waals surface area (Å²) in [6.45, 7) is 0. The van der Waals surface area contributed by atoms with Crippen LogP contribution in [0.4, 0.5) is 26.3 Å². The second-order valence-corrected chi connectivity index (χ2v) is 5.46. The predicted octanol–water partition coefficient (Wildman–Crippen LogP) is 4.03. The molecule has 0 fully saturated rings. The van der Waals surface area contributed by atoms with E-state index in [1.165, 1.54) is 14.2 Å². The van der Waals surface area contributed by atoms with Gasteiger partial charge < -0.3 is 5.11 Å². The van der Waals surface area contributed by atoms with E-state index in [0.29, 0.717) is 18.2 Å². The van der Waals surface area contributed by atoms with Crippen molar-refractivity contribution in [2.24, 2.45) is 0 Å². The highest BCUT2D eigenvalue weighted by atomic mass is 19.2. The van der Waals surface area contributed by atoms with Crippen molar-refractivity contribution in [1.82, 2.24) is 5.06 Å². The summed E-state index contributed by atoms with van der Waals surface area (Å²) in [7, 11) is 2.52. The number of carbonyl (C=O) groups excluding carboxylic acids is 1. The van der Waals surface area contributed by atoms with E-state index in [9.17, 15) is 35.9 Å². The van der Waals surface area contributed by atoms with E-state index in [2.05, 4.69) is 4.84 Å². The second-order valence-electron chi connectivity index (χ2n) is 5.46. The number of nitrogens with zero attached hydrogens (tertiary/aromatic N) is 1. The third-order valence-corrected chi connectivity index (χ3v) is 3.56. The summed E-state index contributed by atoms with van der Waals surface area (Å²) in [5, 5.41) is 9.06. The number of carboxylic acid groups (broad SMARTS) is 1. The van der Waals surface area contributed by atoms with Crippen molar-refractivity contribution in [3.63, 3.8) is 0 Å². The summed E-state index contributed by atoms with van der Waals surface area (Å²) in [6.07, 6.45) is -1.46. The molecule has 30 heavy (non-hydrogen) atoms. The average molecular weight is 439 g/mol. The van der Waals surface area contributed by atoms with Crippen LogP contribution in [0.5, 0.6) is 0 Å². The quantitative estimate of drug-likeness (QED) is 0.434. The van der Waals surface area contributed by atoms with Gasteiger partial charge in [0.15, 0.2) is 23.3 Å². The Morgan fingerprint density at radius 1 is 0.833 bits per heavy atom. The van der Waals surface area contributed by atoms with Gasteiger partial charge in [-0.25, -0.2) is 31.4 Å². The maximum atomic E-state index is 13.2. The van der Waals surface area contributed by atoms with Crippen molar-refractivity contribution in [1.29, 1.82) is 0 Å². The van der Waals surface area contributed by atoms with Crippen LogP contribution in [0, 0.1) is 34.9 Å². The third kappa shape index (κ3) is 7.07. The van der Waals surface area contributed by atoms with Crippen LogP contribution < -0.4 is 0 Å². The molecule has 0 spiro atoms. The zero-order valence-corrected chi connectivity index (χ0v) is 15.1. The van der Waals surface area contributed by atoms with Crippen molar-refractivity contribution in [2.75, 3.05) is 14.2 Å². The number of benzene rings is 2. The van der Waals surface area contributed by atoms with E-state index < -0.39 is 70.7 Å². The van der Waals surface area contributed by atoms with Crippen LogP contribution in [0.1, 0.15) is 18.6 Å². The standard InChI is InChI=1S/C10H10F3NO2.C8H5F3O2.CH4/c1-14(16-2)9(15)5-6-7(11)3-4-8(12)10(6)13;9-5-1-2-6(10)8(11)4(5)3-7(12)13;/h3-4H,5H2,1-2H3;1-2H,3H2,(H,12,13);1H4. The largest absolute Gasteiger partial charge is 0.481 e. The van der Waals surface area contributed by atoms with Gasteiger partial charge in [0.2, 0.25) is 5.91 Å². The maximum absolute atomic E-state index is 13.2. The highest BCUT2D eigenvalue weighted by Gasteiger charge is 2.19. The first kappa shape index (κ1) is 26.9. The number of hydrogen-bond donors (Lipinski definition) is 1. The Kier molecular flexibility index (Phi) is 10.6. The van der Waals surface area contributed by atoms with Gasteiger partial charge in [0.1, 0.15) is 11.6 Å². The molecule has 0 heterocycles. The minimum absolute atomic E-state index is 0. The Balaban J connectivity index is 0.000000553. The van der Waals surface area contributed by atoms with Gasteiger partial charge in [-0.15, -0.1) is 0 Å². The van der Waals surface area contributed by atoms with Gasteiger partial charge in [-0.1, -0.05) is 7.43 Å². The fraction of sp³-hybridized carbons (Fsp3) is 0.263. The number of aliphatic carboxylic acids is 1. The van der Waals surface area contributed by atoms with Gasteiger partial charge in [-0.3, -0.25) is 14.4 Å². The third-order valence-electron chi connectivity index (χ3n) is 3.56. The number of likely N-dealkylation sites (N-methyl/N-ethyl adjacent to an activating group) is 1. The molecule has 2 rings (SSSR count). The SMILES string of the molecule is C.CON(C)C(=O)Cc1c(F)ccc(F)c1F.O=C(O)Cc1c(F)ccc(F)c1F. The van der Waals surface area contributed by atoms with E-state index >= 15 is 0 Å². The lowest BCUT2D eigenvalue weighted by Gasteiger charge is -2.14. The lowest BCUT2D eigenvalue weighted by atomic mass is 10.1. The molecule has 0 unspecified atom stereocenters. The smallest absolute Gasteiger partial charge is 0.308 e. The van der Waals surface area contributed by atoms with Gasteiger partial charge in [0, 0.05) is 18.2 Å². The van der Waals surface area contributed by atoms with Gasteiger partial charge in [-0.2, -0.15) is 0 Å². The molecule has 1 amide bonds. The van der Waals surface area contributed by atoms with Crippen LogP contribution in [0.2, 0.25) is 0 Å². The first-order valence-corrected chi connectivity index (χ1v) is 7.76. The Hall–Kier alpha value is -3.08. The van der Waals surface area contributed by atoms with E-state index in [4.69, 9.17) is 5.11 Å². The Bertz CT molecular complexity index is 907. The van der Waals surface area contributed by atoms with Crippen molar-refractivity contribution in [3.05, 3.63) is 70.3 Å². The number of amides is 1. The lowest BCUT2D eigenvalue weighted by Crippen LogP contribution is -2.27. The topological polar surface area (TPSA) is 66.8 Å².